The molecular formula is C13H18BrNO2S. The Morgan fingerprint density at radius 1 is 1.28 bits per heavy atom. The highest BCUT2D eigenvalue weighted by Crippen LogP contribution is 2.27. The fourth-order valence-corrected chi connectivity index (χ4v) is 4.06. The summed E-state index contributed by atoms with van der Waals surface area (Å²) in [7, 11) is -3.35. The van der Waals surface area contributed by atoms with E-state index in [-0.39, 0.29) is 0 Å². The molecule has 0 aromatic heterocycles. The number of halogens is 1. The average molecular weight is 332 g/mol. The van der Waals surface area contributed by atoms with Gasteiger partial charge in [-0.15, -0.1) is 0 Å². The molecule has 1 N–H and O–H groups in total. The minimum atomic E-state index is -3.35. The van der Waals surface area contributed by atoms with Crippen molar-refractivity contribution in [2.75, 3.05) is 6.54 Å². The Labute approximate surface area is 117 Å². The molecule has 0 unspecified atom stereocenters. The molecule has 1 aliphatic rings. The Morgan fingerprint density at radius 2 is 2.00 bits per heavy atom. The van der Waals surface area contributed by atoms with Crippen molar-refractivity contribution in [3.05, 3.63) is 28.7 Å². The third-order valence-electron chi connectivity index (χ3n) is 3.43. The second-order valence-electron chi connectivity index (χ2n) is 4.79. The highest BCUT2D eigenvalue weighted by atomic mass is 79.9. The Morgan fingerprint density at radius 3 is 2.67 bits per heavy atom. The molecule has 0 radical (unpaired) electrons. The molecule has 0 saturated heterocycles. The second-order valence-corrected chi connectivity index (χ2v) is 7.48. The maximum Gasteiger partial charge on any atom is 0.240 e. The van der Waals surface area contributed by atoms with E-state index in [1.807, 2.05) is 6.07 Å². The van der Waals surface area contributed by atoms with Gasteiger partial charge >= 0.3 is 0 Å². The predicted octanol–water partition coefficient (Wildman–Crippen LogP) is 3.31. The first-order valence-electron chi connectivity index (χ1n) is 6.33. The highest BCUT2D eigenvalue weighted by molar-refractivity contribution is 9.10. The Hall–Kier alpha value is -0.390. The second kappa shape index (κ2) is 6.17. The lowest BCUT2D eigenvalue weighted by Crippen LogP contribution is -2.25. The van der Waals surface area contributed by atoms with Gasteiger partial charge in [-0.25, -0.2) is 13.1 Å². The van der Waals surface area contributed by atoms with Crippen molar-refractivity contribution in [1.29, 1.82) is 0 Å². The number of hydrogen-bond acceptors (Lipinski definition) is 2. The highest BCUT2D eigenvalue weighted by Gasteiger charge is 2.17. The van der Waals surface area contributed by atoms with E-state index in [1.165, 1.54) is 25.7 Å². The summed E-state index contributed by atoms with van der Waals surface area (Å²) in [5.41, 5.74) is 0. The molecule has 1 aromatic rings. The van der Waals surface area contributed by atoms with Crippen LogP contribution < -0.4 is 4.72 Å². The van der Waals surface area contributed by atoms with Crippen LogP contribution in [0.15, 0.2) is 33.6 Å². The van der Waals surface area contributed by atoms with Gasteiger partial charge in [0.25, 0.3) is 0 Å². The number of sulfonamides is 1. The Kier molecular flexibility index (Phi) is 4.81. The van der Waals surface area contributed by atoms with Gasteiger partial charge in [-0.3, -0.25) is 0 Å². The quantitative estimate of drug-likeness (QED) is 0.899. The van der Waals surface area contributed by atoms with Gasteiger partial charge in [0.05, 0.1) is 4.90 Å². The van der Waals surface area contributed by atoms with E-state index in [2.05, 4.69) is 20.7 Å². The van der Waals surface area contributed by atoms with Crippen LogP contribution in [0, 0.1) is 5.92 Å². The lowest BCUT2D eigenvalue weighted by molar-refractivity contribution is 0.495. The van der Waals surface area contributed by atoms with Crippen molar-refractivity contribution in [1.82, 2.24) is 4.72 Å². The van der Waals surface area contributed by atoms with Crippen LogP contribution in [0.1, 0.15) is 32.1 Å². The zero-order valence-electron chi connectivity index (χ0n) is 10.2. The lowest BCUT2D eigenvalue weighted by atomic mass is 10.1. The Bertz CT molecular complexity index is 495. The zero-order valence-corrected chi connectivity index (χ0v) is 12.6. The minimum absolute atomic E-state index is 0.322. The fourth-order valence-electron chi connectivity index (χ4n) is 2.41. The minimum Gasteiger partial charge on any atom is -0.211 e. The van der Waals surface area contributed by atoms with E-state index >= 15 is 0 Å². The van der Waals surface area contributed by atoms with E-state index in [4.69, 9.17) is 0 Å². The van der Waals surface area contributed by atoms with Crippen molar-refractivity contribution in [2.24, 2.45) is 5.92 Å². The monoisotopic (exact) mass is 331 g/mol. The molecule has 5 heteroatoms. The van der Waals surface area contributed by atoms with Crippen LogP contribution in [-0.4, -0.2) is 15.0 Å². The molecular weight excluding hydrogens is 314 g/mol. The lowest BCUT2D eigenvalue weighted by Gasteiger charge is -2.10. The smallest absolute Gasteiger partial charge is 0.211 e. The van der Waals surface area contributed by atoms with E-state index in [0.29, 0.717) is 17.4 Å². The molecule has 2 rings (SSSR count). The summed E-state index contributed by atoms with van der Waals surface area (Å²) in [6, 6.07) is 6.79. The maximum absolute atomic E-state index is 12.0. The van der Waals surface area contributed by atoms with Gasteiger partial charge in [-0.05, 0) is 30.5 Å². The normalized spacial score (nSPS) is 17.2. The van der Waals surface area contributed by atoms with Crippen molar-refractivity contribution in [3.8, 4) is 0 Å². The van der Waals surface area contributed by atoms with Crippen molar-refractivity contribution < 1.29 is 8.42 Å². The molecule has 0 spiro atoms. The van der Waals surface area contributed by atoms with Crippen LogP contribution >= 0.6 is 15.9 Å². The molecule has 0 heterocycles. The first-order chi connectivity index (χ1) is 8.58. The van der Waals surface area contributed by atoms with Crippen LogP contribution in [0.5, 0.6) is 0 Å². The third-order valence-corrected chi connectivity index (χ3v) is 5.38. The summed E-state index contributed by atoms with van der Waals surface area (Å²) in [4.78, 5) is 0.322. The summed E-state index contributed by atoms with van der Waals surface area (Å²) >= 11 is 3.28. The number of hydrogen-bond donors (Lipinski definition) is 1. The van der Waals surface area contributed by atoms with E-state index < -0.39 is 10.0 Å². The molecule has 1 saturated carbocycles. The van der Waals surface area contributed by atoms with E-state index in [0.717, 1.165) is 10.9 Å². The first kappa shape index (κ1) is 14.0. The molecule has 0 amide bonds. The summed E-state index contributed by atoms with van der Waals surface area (Å²) in [6.45, 7) is 0.541. The summed E-state index contributed by atoms with van der Waals surface area (Å²) in [5, 5.41) is 0. The molecule has 1 aromatic carbocycles. The van der Waals surface area contributed by atoms with Gasteiger partial charge in [0.1, 0.15) is 0 Å². The van der Waals surface area contributed by atoms with Crippen molar-refractivity contribution >= 4 is 26.0 Å². The van der Waals surface area contributed by atoms with Gasteiger partial charge in [0.2, 0.25) is 10.0 Å². The topological polar surface area (TPSA) is 46.2 Å². The fraction of sp³-hybridized carbons (Fsp3) is 0.538. The molecule has 1 fully saturated rings. The SMILES string of the molecule is O=S(=O)(NCCC1CCCC1)c1cccc(Br)c1. The van der Waals surface area contributed by atoms with Gasteiger partial charge in [0.15, 0.2) is 0 Å². The van der Waals surface area contributed by atoms with Gasteiger partial charge in [-0.1, -0.05) is 47.7 Å². The maximum atomic E-state index is 12.0. The molecule has 0 bridgehead atoms. The summed E-state index contributed by atoms with van der Waals surface area (Å²) < 4.78 is 27.5. The van der Waals surface area contributed by atoms with Crippen molar-refractivity contribution in [2.45, 2.75) is 37.0 Å². The van der Waals surface area contributed by atoms with Gasteiger partial charge < -0.3 is 0 Å². The van der Waals surface area contributed by atoms with Crippen LogP contribution in [-0.2, 0) is 10.0 Å². The molecule has 0 aliphatic heterocycles. The molecule has 1 aliphatic carbocycles. The van der Waals surface area contributed by atoms with Crippen LogP contribution in [0.3, 0.4) is 0 Å². The van der Waals surface area contributed by atoms with Gasteiger partial charge in [-0.2, -0.15) is 0 Å². The number of benzene rings is 1. The zero-order chi connectivity index (χ0) is 13.0. The largest absolute Gasteiger partial charge is 0.240 e. The number of rotatable bonds is 5. The number of nitrogens with one attached hydrogen (secondary N) is 1. The van der Waals surface area contributed by atoms with E-state index in [1.54, 1.807) is 18.2 Å². The van der Waals surface area contributed by atoms with Crippen LogP contribution in [0.4, 0.5) is 0 Å². The molecule has 100 valence electrons. The predicted molar refractivity (Wildman–Crippen MR) is 75.9 cm³/mol. The van der Waals surface area contributed by atoms with Crippen molar-refractivity contribution in [3.63, 3.8) is 0 Å². The molecule has 0 atom stereocenters. The summed E-state index contributed by atoms with van der Waals surface area (Å²) in [5.74, 6) is 0.704. The van der Waals surface area contributed by atoms with E-state index in [9.17, 15) is 8.42 Å². The standard InChI is InChI=1S/C13H18BrNO2S/c14-12-6-3-7-13(10-12)18(16,17)15-9-8-11-4-1-2-5-11/h3,6-7,10-11,15H,1-2,4-5,8-9H2. The first-order valence-corrected chi connectivity index (χ1v) is 8.61. The Balaban J connectivity index is 1.90. The van der Waals surface area contributed by atoms with Crippen LogP contribution in [0.25, 0.3) is 0 Å². The third kappa shape index (κ3) is 3.80. The van der Waals surface area contributed by atoms with Crippen LogP contribution in [0.2, 0.25) is 0 Å². The summed E-state index contributed by atoms with van der Waals surface area (Å²) in [6.07, 6.45) is 6.04. The molecule has 3 nitrogen and oxygen atoms in total. The average Bonchev–Trinajstić information content (AvgIpc) is 2.82. The molecule has 18 heavy (non-hydrogen) atoms. The van der Waals surface area contributed by atoms with Gasteiger partial charge in [0, 0.05) is 11.0 Å².